The van der Waals surface area contributed by atoms with E-state index in [0.717, 1.165) is 12.0 Å². The number of benzene rings is 1. The SMILES string of the molecule is CCC(C)c1cccc(CC#N)c1. The van der Waals surface area contributed by atoms with Crippen LogP contribution in [0.3, 0.4) is 0 Å². The Morgan fingerprint density at radius 2 is 2.23 bits per heavy atom. The lowest BCUT2D eigenvalue weighted by molar-refractivity contribution is 0.732. The highest BCUT2D eigenvalue weighted by Crippen LogP contribution is 2.19. The van der Waals surface area contributed by atoms with Gasteiger partial charge in [-0.15, -0.1) is 0 Å². The van der Waals surface area contributed by atoms with Gasteiger partial charge in [-0.25, -0.2) is 0 Å². The van der Waals surface area contributed by atoms with Gasteiger partial charge < -0.3 is 0 Å². The van der Waals surface area contributed by atoms with E-state index in [1.54, 1.807) is 0 Å². The molecule has 0 bridgehead atoms. The fourth-order valence-electron chi connectivity index (χ4n) is 1.34. The van der Waals surface area contributed by atoms with Crippen LogP contribution in [-0.2, 0) is 6.42 Å². The minimum Gasteiger partial charge on any atom is -0.198 e. The number of nitrogens with zero attached hydrogens (tertiary/aromatic N) is 1. The van der Waals surface area contributed by atoms with Crippen LogP contribution in [0, 0.1) is 11.3 Å². The maximum Gasteiger partial charge on any atom is 0.0669 e. The maximum absolute atomic E-state index is 8.56. The fraction of sp³-hybridized carbons (Fsp3) is 0.417. The van der Waals surface area contributed by atoms with E-state index in [-0.39, 0.29) is 0 Å². The second-order valence-corrected chi connectivity index (χ2v) is 3.39. The Balaban J connectivity index is 2.86. The highest BCUT2D eigenvalue weighted by molar-refractivity contribution is 5.27. The van der Waals surface area contributed by atoms with Gasteiger partial charge in [-0.2, -0.15) is 5.26 Å². The summed E-state index contributed by atoms with van der Waals surface area (Å²) in [6.45, 7) is 4.40. The lowest BCUT2D eigenvalue weighted by Crippen LogP contribution is -1.92. The fourth-order valence-corrected chi connectivity index (χ4v) is 1.34. The van der Waals surface area contributed by atoms with Crippen molar-refractivity contribution in [1.82, 2.24) is 0 Å². The van der Waals surface area contributed by atoms with Crippen LogP contribution in [0.25, 0.3) is 0 Å². The predicted octanol–water partition coefficient (Wildman–Crippen LogP) is 3.27. The molecule has 0 fully saturated rings. The number of nitriles is 1. The van der Waals surface area contributed by atoms with Crippen molar-refractivity contribution in [3.63, 3.8) is 0 Å². The van der Waals surface area contributed by atoms with Gasteiger partial charge >= 0.3 is 0 Å². The molecule has 0 saturated heterocycles. The van der Waals surface area contributed by atoms with Crippen LogP contribution >= 0.6 is 0 Å². The van der Waals surface area contributed by atoms with Gasteiger partial charge in [-0.3, -0.25) is 0 Å². The van der Waals surface area contributed by atoms with Gasteiger partial charge in [0.15, 0.2) is 0 Å². The second kappa shape index (κ2) is 4.67. The molecule has 13 heavy (non-hydrogen) atoms. The summed E-state index contributed by atoms with van der Waals surface area (Å²) < 4.78 is 0. The van der Waals surface area contributed by atoms with Crippen LogP contribution in [0.2, 0.25) is 0 Å². The molecule has 0 amide bonds. The standard InChI is InChI=1S/C12H15N/c1-3-10(2)12-6-4-5-11(9-12)7-8-13/h4-6,9-10H,3,7H2,1-2H3. The Hall–Kier alpha value is -1.29. The van der Waals surface area contributed by atoms with Gasteiger partial charge in [0.2, 0.25) is 0 Å². The third kappa shape index (κ3) is 2.59. The van der Waals surface area contributed by atoms with E-state index in [2.05, 4.69) is 32.0 Å². The lowest BCUT2D eigenvalue weighted by Gasteiger charge is -2.09. The van der Waals surface area contributed by atoms with E-state index < -0.39 is 0 Å². The predicted molar refractivity (Wildman–Crippen MR) is 54.5 cm³/mol. The summed E-state index contributed by atoms with van der Waals surface area (Å²) in [7, 11) is 0. The van der Waals surface area contributed by atoms with Gasteiger partial charge in [0.25, 0.3) is 0 Å². The quantitative estimate of drug-likeness (QED) is 0.688. The van der Waals surface area contributed by atoms with Gasteiger partial charge in [0, 0.05) is 0 Å². The molecule has 0 radical (unpaired) electrons. The Labute approximate surface area is 80.0 Å². The summed E-state index contributed by atoms with van der Waals surface area (Å²) in [5, 5.41) is 8.56. The zero-order valence-electron chi connectivity index (χ0n) is 8.25. The Morgan fingerprint density at radius 1 is 1.46 bits per heavy atom. The Bertz CT molecular complexity index is 309. The molecule has 1 nitrogen and oxygen atoms in total. The molecule has 0 aliphatic carbocycles. The van der Waals surface area contributed by atoms with Gasteiger partial charge in [0.1, 0.15) is 0 Å². The van der Waals surface area contributed by atoms with Crippen molar-refractivity contribution in [3.05, 3.63) is 35.4 Å². The molecule has 1 rings (SSSR count). The first-order chi connectivity index (χ1) is 6.27. The van der Waals surface area contributed by atoms with Crippen molar-refractivity contribution in [2.75, 3.05) is 0 Å². The summed E-state index contributed by atoms with van der Waals surface area (Å²) in [6.07, 6.45) is 1.67. The molecule has 0 spiro atoms. The number of hydrogen-bond donors (Lipinski definition) is 0. The molecule has 1 aromatic rings. The minimum atomic E-state index is 0.518. The highest BCUT2D eigenvalue weighted by atomic mass is 14.2. The van der Waals surface area contributed by atoms with Crippen LogP contribution in [0.4, 0.5) is 0 Å². The van der Waals surface area contributed by atoms with E-state index in [9.17, 15) is 0 Å². The third-order valence-corrected chi connectivity index (χ3v) is 2.42. The van der Waals surface area contributed by atoms with E-state index in [0.29, 0.717) is 12.3 Å². The van der Waals surface area contributed by atoms with Gasteiger partial charge in [-0.1, -0.05) is 38.1 Å². The molecule has 1 unspecified atom stereocenters. The average molecular weight is 173 g/mol. The third-order valence-electron chi connectivity index (χ3n) is 2.42. The first-order valence-corrected chi connectivity index (χ1v) is 4.73. The second-order valence-electron chi connectivity index (χ2n) is 3.39. The topological polar surface area (TPSA) is 23.8 Å². The highest BCUT2D eigenvalue weighted by Gasteiger charge is 2.02. The summed E-state index contributed by atoms with van der Waals surface area (Å²) in [4.78, 5) is 0. The Morgan fingerprint density at radius 3 is 2.85 bits per heavy atom. The van der Waals surface area contributed by atoms with Gasteiger partial charge in [0.05, 0.1) is 12.5 Å². The molecule has 1 atom stereocenters. The monoisotopic (exact) mass is 173 g/mol. The minimum absolute atomic E-state index is 0.518. The van der Waals surface area contributed by atoms with Crippen LogP contribution in [0.15, 0.2) is 24.3 Å². The zero-order chi connectivity index (χ0) is 9.68. The van der Waals surface area contributed by atoms with Crippen molar-refractivity contribution in [2.24, 2.45) is 0 Å². The molecule has 68 valence electrons. The van der Waals surface area contributed by atoms with E-state index in [4.69, 9.17) is 5.26 Å². The molecule has 1 aromatic carbocycles. The summed E-state index contributed by atoms with van der Waals surface area (Å²) in [6, 6.07) is 10.5. The van der Waals surface area contributed by atoms with Crippen molar-refractivity contribution in [3.8, 4) is 6.07 Å². The number of rotatable bonds is 3. The van der Waals surface area contributed by atoms with Crippen LogP contribution < -0.4 is 0 Å². The normalized spacial score (nSPS) is 12.1. The lowest BCUT2D eigenvalue weighted by atomic mass is 9.96. The van der Waals surface area contributed by atoms with Crippen molar-refractivity contribution >= 4 is 0 Å². The molecule has 0 aliphatic rings. The molecule has 0 aliphatic heterocycles. The molecule has 0 saturated carbocycles. The first-order valence-electron chi connectivity index (χ1n) is 4.73. The summed E-state index contributed by atoms with van der Waals surface area (Å²) >= 11 is 0. The first kappa shape index (κ1) is 9.80. The van der Waals surface area contributed by atoms with Crippen molar-refractivity contribution in [1.29, 1.82) is 5.26 Å². The van der Waals surface area contributed by atoms with E-state index in [1.807, 2.05) is 12.1 Å². The largest absolute Gasteiger partial charge is 0.198 e. The van der Waals surface area contributed by atoms with Crippen LogP contribution in [-0.4, -0.2) is 0 Å². The molecule has 0 N–H and O–H groups in total. The van der Waals surface area contributed by atoms with Crippen molar-refractivity contribution < 1.29 is 0 Å². The molecular formula is C12H15N. The zero-order valence-corrected chi connectivity index (χ0v) is 8.25. The van der Waals surface area contributed by atoms with E-state index in [1.165, 1.54) is 5.56 Å². The van der Waals surface area contributed by atoms with Crippen LogP contribution in [0.1, 0.15) is 37.3 Å². The number of hydrogen-bond acceptors (Lipinski definition) is 1. The molecule has 0 aromatic heterocycles. The van der Waals surface area contributed by atoms with Crippen LogP contribution in [0.5, 0.6) is 0 Å². The summed E-state index contributed by atoms with van der Waals surface area (Å²) in [5.74, 6) is 0.596. The average Bonchev–Trinajstić information content (AvgIpc) is 2.18. The molecular weight excluding hydrogens is 158 g/mol. The molecule has 0 heterocycles. The Kier molecular flexibility index (Phi) is 3.52. The van der Waals surface area contributed by atoms with Crippen molar-refractivity contribution in [2.45, 2.75) is 32.6 Å². The molecule has 1 heteroatoms. The maximum atomic E-state index is 8.56. The van der Waals surface area contributed by atoms with Gasteiger partial charge in [-0.05, 0) is 23.5 Å². The summed E-state index contributed by atoms with van der Waals surface area (Å²) in [5.41, 5.74) is 2.47. The smallest absolute Gasteiger partial charge is 0.0669 e. The van der Waals surface area contributed by atoms with E-state index >= 15 is 0 Å².